The van der Waals surface area contributed by atoms with Gasteiger partial charge in [0.1, 0.15) is 5.82 Å². The molecule has 0 aliphatic heterocycles. The minimum Gasteiger partial charge on any atom is -0.867 e. The van der Waals surface area contributed by atoms with Crippen LogP contribution in [0.1, 0.15) is 37.7 Å². The number of nitro benzene ring substituents is 1. The summed E-state index contributed by atoms with van der Waals surface area (Å²) >= 11 is 0. The fourth-order valence-corrected chi connectivity index (χ4v) is 2.79. The number of aromatic nitrogens is 2. The molecule has 2 aromatic carbocycles. The molecule has 1 aromatic heterocycles. The molecule has 3 aromatic rings. The summed E-state index contributed by atoms with van der Waals surface area (Å²) in [5.74, 6) is -0.407. The van der Waals surface area contributed by atoms with E-state index in [1.807, 2.05) is 20.8 Å². The van der Waals surface area contributed by atoms with Gasteiger partial charge in [-0.05, 0) is 47.4 Å². The maximum absolute atomic E-state index is 12.7. The van der Waals surface area contributed by atoms with E-state index in [1.54, 1.807) is 37.3 Å². The van der Waals surface area contributed by atoms with Crippen LogP contribution in [0.3, 0.4) is 0 Å². The van der Waals surface area contributed by atoms with Gasteiger partial charge in [0.15, 0.2) is 0 Å². The van der Waals surface area contributed by atoms with Crippen LogP contribution in [0.5, 0.6) is 5.75 Å². The van der Waals surface area contributed by atoms with Gasteiger partial charge in [-0.1, -0.05) is 32.9 Å². The molecule has 0 saturated heterocycles. The minimum absolute atomic E-state index is 0.0404. The van der Waals surface area contributed by atoms with E-state index in [2.05, 4.69) is 10.1 Å². The van der Waals surface area contributed by atoms with Gasteiger partial charge >= 0.3 is 0 Å². The first-order valence-electron chi connectivity index (χ1n) is 8.62. The second-order valence-electron chi connectivity index (χ2n) is 7.46. The van der Waals surface area contributed by atoms with Crippen LogP contribution in [-0.4, -0.2) is 20.8 Å². The van der Waals surface area contributed by atoms with Crippen molar-refractivity contribution >= 4 is 22.8 Å². The molecule has 28 heavy (non-hydrogen) atoms. The summed E-state index contributed by atoms with van der Waals surface area (Å²) in [6.45, 7) is 7.29. The van der Waals surface area contributed by atoms with E-state index >= 15 is 0 Å². The maximum atomic E-state index is 12.7. The molecule has 0 saturated carbocycles. The summed E-state index contributed by atoms with van der Waals surface area (Å²) < 4.78 is 1.08. The zero-order valence-electron chi connectivity index (χ0n) is 16.0. The van der Waals surface area contributed by atoms with Gasteiger partial charge in [0.05, 0.1) is 22.0 Å². The molecule has 0 amide bonds. The molecule has 0 atom stereocenters. The Kier molecular flexibility index (Phi) is 4.72. The van der Waals surface area contributed by atoms with Crippen molar-refractivity contribution in [2.24, 2.45) is 5.10 Å². The van der Waals surface area contributed by atoms with Crippen molar-refractivity contribution in [1.82, 2.24) is 9.66 Å². The predicted molar refractivity (Wildman–Crippen MR) is 105 cm³/mol. The average molecular weight is 379 g/mol. The fraction of sp³-hybridized carbons (Fsp3) is 0.250. The van der Waals surface area contributed by atoms with Crippen LogP contribution in [0.4, 0.5) is 5.69 Å². The number of nitrogens with zero attached hydrogens (tertiary/aromatic N) is 4. The molecular weight excluding hydrogens is 360 g/mol. The molecule has 0 spiro atoms. The van der Waals surface area contributed by atoms with Gasteiger partial charge in [0.2, 0.25) is 0 Å². The second-order valence-corrected chi connectivity index (χ2v) is 7.46. The van der Waals surface area contributed by atoms with E-state index in [4.69, 9.17) is 0 Å². The van der Waals surface area contributed by atoms with Crippen molar-refractivity contribution in [3.05, 3.63) is 73.8 Å². The summed E-state index contributed by atoms with van der Waals surface area (Å²) in [6.07, 6.45) is 1.18. The first kappa shape index (κ1) is 19.2. The quantitative estimate of drug-likeness (QED) is 0.394. The van der Waals surface area contributed by atoms with Crippen LogP contribution in [0, 0.1) is 17.0 Å². The van der Waals surface area contributed by atoms with Gasteiger partial charge in [0, 0.05) is 6.07 Å². The van der Waals surface area contributed by atoms with Crippen molar-refractivity contribution < 1.29 is 10.0 Å². The van der Waals surface area contributed by atoms with Crippen LogP contribution < -0.4 is 10.7 Å². The first-order valence-corrected chi connectivity index (χ1v) is 8.62. The molecule has 0 N–H and O–H groups in total. The average Bonchev–Trinajstić information content (AvgIpc) is 2.61. The molecule has 3 rings (SSSR count). The van der Waals surface area contributed by atoms with Crippen molar-refractivity contribution in [3.8, 4) is 5.75 Å². The smallest absolute Gasteiger partial charge is 0.282 e. The van der Waals surface area contributed by atoms with Crippen molar-refractivity contribution in [2.45, 2.75) is 33.1 Å². The zero-order chi connectivity index (χ0) is 20.6. The van der Waals surface area contributed by atoms with Gasteiger partial charge in [-0.15, -0.1) is 0 Å². The van der Waals surface area contributed by atoms with Gasteiger partial charge in [-0.25, -0.2) is 4.98 Å². The minimum atomic E-state index is -0.749. The molecule has 0 aliphatic rings. The number of hydrogen-bond donors (Lipinski definition) is 0. The summed E-state index contributed by atoms with van der Waals surface area (Å²) in [6, 6.07) is 9.72. The molecule has 1 heterocycles. The summed E-state index contributed by atoms with van der Waals surface area (Å²) in [5, 5.41) is 28.2. The van der Waals surface area contributed by atoms with Crippen molar-refractivity contribution in [1.29, 1.82) is 0 Å². The standard InChI is InChI=1S/C20H20N4O4/c1-12-22-16-8-6-5-7-15(16)19(26)23(12)21-11-13-9-14(20(2,3)4)10-17(18(13)25)24(27)28/h5-11,25H,1-4H3/p-1. The largest absolute Gasteiger partial charge is 0.867 e. The van der Waals surface area contributed by atoms with Crippen LogP contribution in [0.25, 0.3) is 10.9 Å². The number of fused-ring (bicyclic) bond motifs is 1. The third-order valence-electron chi connectivity index (χ3n) is 4.39. The topological polar surface area (TPSA) is 113 Å². The molecule has 8 heteroatoms. The van der Waals surface area contributed by atoms with E-state index < -0.39 is 21.8 Å². The lowest BCUT2D eigenvalue weighted by molar-refractivity contribution is -0.398. The Morgan fingerprint density at radius 1 is 1.21 bits per heavy atom. The third-order valence-corrected chi connectivity index (χ3v) is 4.39. The Morgan fingerprint density at radius 3 is 2.54 bits per heavy atom. The number of para-hydroxylation sites is 1. The highest BCUT2D eigenvalue weighted by Gasteiger charge is 2.20. The molecule has 144 valence electrons. The maximum Gasteiger partial charge on any atom is 0.282 e. The van der Waals surface area contributed by atoms with Crippen LogP contribution in [0.2, 0.25) is 0 Å². The number of benzene rings is 2. The Hall–Kier alpha value is -3.55. The van der Waals surface area contributed by atoms with Crippen LogP contribution >= 0.6 is 0 Å². The van der Waals surface area contributed by atoms with Crippen LogP contribution in [0.15, 0.2) is 46.3 Å². The Labute approximate surface area is 160 Å². The molecule has 0 radical (unpaired) electrons. The first-order chi connectivity index (χ1) is 13.1. The fourth-order valence-electron chi connectivity index (χ4n) is 2.79. The Morgan fingerprint density at radius 2 is 1.89 bits per heavy atom. The van der Waals surface area contributed by atoms with Gasteiger partial charge < -0.3 is 5.11 Å². The van der Waals surface area contributed by atoms with Gasteiger partial charge in [-0.3, -0.25) is 14.9 Å². The number of rotatable bonds is 3. The van der Waals surface area contributed by atoms with Crippen LogP contribution in [-0.2, 0) is 5.41 Å². The summed E-state index contributed by atoms with van der Waals surface area (Å²) in [7, 11) is 0. The lowest BCUT2D eigenvalue weighted by Gasteiger charge is -2.22. The second kappa shape index (κ2) is 6.88. The summed E-state index contributed by atoms with van der Waals surface area (Å²) in [5.41, 5.74) is -0.0908. The summed E-state index contributed by atoms with van der Waals surface area (Å²) in [4.78, 5) is 27.6. The highest BCUT2D eigenvalue weighted by atomic mass is 16.6. The highest BCUT2D eigenvalue weighted by Crippen LogP contribution is 2.33. The molecule has 0 unspecified atom stereocenters. The monoisotopic (exact) mass is 379 g/mol. The molecule has 8 nitrogen and oxygen atoms in total. The van der Waals surface area contributed by atoms with E-state index in [-0.39, 0.29) is 11.1 Å². The lowest BCUT2D eigenvalue weighted by atomic mass is 9.85. The van der Waals surface area contributed by atoms with Crippen molar-refractivity contribution in [2.75, 3.05) is 0 Å². The SMILES string of the molecule is Cc1nc2ccccc2c(=O)n1N=Cc1cc(C(C)(C)C)cc([N+](=O)[O-])c1[O-]. The zero-order valence-corrected chi connectivity index (χ0v) is 16.0. The lowest BCUT2D eigenvalue weighted by Crippen LogP contribution is -2.20. The van der Waals surface area contributed by atoms with Crippen molar-refractivity contribution in [3.63, 3.8) is 0 Å². The molecular formula is C20H19N4O4-. The van der Waals surface area contributed by atoms with Gasteiger partial charge in [-0.2, -0.15) is 9.78 Å². The van der Waals surface area contributed by atoms with E-state index in [0.717, 1.165) is 4.68 Å². The molecule has 0 bridgehead atoms. The van der Waals surface area contributed by atoms with E-state index in [1.165, 1.54) is 12.3 Å². The highest BCUT2D eigenvalue weighted by molar-refractivity contribution is 5.86. The number of aryl methyl sites for hydroxylation is 1. The van der Waals surface area contributed by atoms with E-state index in [0.29, 0.717) is 22.3 Å². The van der Waals surface area contributed by atoms with Gasteiger partial charge in [0.25, 0.3) is 11.2 Å². The normalized spacial score (nSPS) is 12.0. The Bertz CT molecular complexity index is 1170. The third kappa shape index (κ3) is 3.48. The molecule has 0 fully saturated rings. The number of nitro groups is 1. The Balaban J connectivity index is 2.18. The van der Waals surface area contributed by atoms with E-state index in [9.17, 15) is 20.0 Å². The number of hydrogen-bond acceptors (Lipinski definition) is 6. The predicted octanol–water partition coefficient (Wildman–Crippen LogP) is 2.87. The molecule has 0 aliphatic carbocycles.